The number of hydrogen-bond donors (Lipinski definition) is 0. The van der Waals surface area contributed by atoms with Crippen LogP contribution >= 0.6 is 0 Å². The van der Waals surface area contributed by atoms with Crippen LogP contribution in [0.25, 0.3) is 39.3 Å². The van der Waals surface area contributed by atoms with Crippen LogP contribution in [0.3, 0.4) is 0 Å². The molecule has 3 heteroatoms. The summed E-state index contributed by atoms with van der Waals surface area (Å²) in [4.78, 5) is 4.74. The smallest absolute Gasteiger partial charge is 0.163 e. The predicted octanol–water partition coefficient (Wildman–Crippen LogP) is 7.19. The molecule has 0 radical (unpaired) electrons. The third-order valence-electron chi connectivity index (χ3n) is 5.68. The average Bonchev–Trinajstić information content (AvgIpc) is 3.22. The van der Waals surface area contributed by atoms with Crippen LogP contribution in [0.5, 0.6) is 0 Å². The highest BCUT2D eigenvalue weighted by atomic mass is 15.3. The summed E-state index contributed by atoms with van der Waals surface area (Å²) in [7, 11) is 0. The lowest BCUT2D eigenvalue weighted by atomic mass is 9.97. The largest absolute Gasteiger partial charge is 0.213 e. The molecule has 0 unspecified atom stereocenters. The standard InChI is InChI=1S/C29H25N3/c1-20-9-13-23(14-10-20)26-17-27(24-15-11-21(2)12-16-24)19-28(18-26)32-29(30-22(3)31-32)25-7-5-4-6-8-25/h4-19H,1-3H3. The molecule has 3 nitrogen and oxygen atoms in total. The summed E-state index contributed by atoms with van der Waals surface area (Å²) in [5.74, 6) is 1.60. The first-order valence-corrected chi connectivity index (χ1v) is 10.9. The topological polar surface area (TPSA) is 30.7 Å². The van der Waals surface area contributed by atoms with Crippen LogP contribution in [0, 0.1) is 20.8 Å². The highest BCUT2D eigenvalue weighted by Gasteiger charge is 2.14. The van der Waals surface area contributed by atoms with E-state index in [0.29, 0.717) is 0 Å². The average molecular weight is 416 g/mol. The van der Waals surface area contributed by atoms with Gasteiger partial charge >= 0.3 is 0 Å². The van der Waals surface area contributed by atoms with Gasteiger partial charge in [0.05, 0.1) is 5.69 Å². The lowest BCUT2D eigenvalue weighted by Crippen LogP contribution is -2.01. The van der Waals surface area contributed by atoms with Gasteiger partial charge in [0.15, 0.2) is 5.82 Å². The minimum atomic E-state index is 0.751. The molecule has 156 valence electrons. The molecule has 1 heterocycles. The SMILES string of the molecule is Cc1ccc(-c2cc(-c3ccc(C)cc3)cc(-n3nc(C)nc3-c3ccccc3)c2)cc1. The number of aryl methyl sites for hydroxylation is 3. The first-order chi connectivity index (χ1) is 15.6. The van der Waals surface area contributed by atoms with E-state index in [2.05, 4.69) is 92.7 Å². The maximum Gasteiger partial charge on any atom is 0.163 e. The summed E-state index contributed by atoms with van der Waals surface area (Å²) in [6.07, 6.45) is 0. The van der Waals surface area contributed by atoms with Gasteiger partial charge in [-0.1, -0.05) is 90.0 Å². The molecule has 0 aliphatic carbocycles. The number of aromatic nitrogens is 3. The van der Waals surface area contributed by atoms with Crippen molar-refractivity contribution in [1.82, 2.24) is 14.8 Å². The molecular formula is C29H25N3. The van der Waals surface area contributed by atoms with E-state index in [-0.39, 0.29) is 0 Å². The van der Waals surface area contributed by atoms with Crippen molar-refractivity contribution in [2.45, 2.75) is 20.8 Å². The van der Waals surface area contributed by atoms with Gasteiger partial charge in [-0.05, 0) is 61.2 Å². The normalized spacial score (nSPS) is 11.0. The van der Waals surface area contributed by atoms with E-state index in [1.807, 2.05) is 29.8 Å². The summed E-state index contributed by atoms with van der Waals surface area (Å²) in [5, 5.41) is 4.76. The fraction of sp³-hybridized carbons (Fsp3) is 0.103. The van der Waals surface area contributed by atoms with Crippen molar-refractivity contribution in [2.75, 3.05) is 0 Å². The van der Waals surface area contributed by atoms with Crippen molar-refractivity contribution in [2.24, 2.45) is 0 Å². The van der Waals surface area contributed by atoms with Gasteiger partial charge in [-0.25, -0.2) is 9.67 Å². The molecule has 4 aromatic carbocycles. The second-order valence-electron chi connectivity index (χ2n) is 8.26. The molecule has 0 N–H and O–H groups in total. The Morgan fingerprint density at radius 2 is 1.06 bits per heavy atom. The van der Waals surface area contributed by atoms with Gasteiger partial charge in [0.1, 0.15) is 5.82 Å². The fourth-order valence-corrected chi connectivity index (χ4v) is 3.93. The Kier molecular flexibility index (Phi) is 5.16. The molecule has 5 aromatic rings. The summed E-state index contributed by atoms with van der Waals surface area (Å²) in [6, 6.07) is 34.2. The van der Waals surface area contributed by atoms with Crippen LogP contribution in [-0.4, -0.2) is 14.8 Å². The van der Waals surface area contributed by atoms with Crippen LogP contribution in [0.4, 0.5) is 0 Å². The monoisotopic (exact) mass is 415 g/mol. The van der Waals surface area contributed by atoms with Crippen molar-refractivity contribution >= 4 is 0 Å². The molecule has 5 rings (SSSR count). The van der Waals surface area contributed by atoms with Gasteiger partial charge in [0, 0.05) is 5.56 Å². The number of nitrogens with zero attached hydrogens (tertiary/aromatic N) is 3. The first kappa shape index (κ1) is 20.0. The molecule has 0 spiro atoms. The molecule has 1 aromatic heterocycles. The van der Waals surface area contributed by atoms with E-state index in [0.717, 1.165) is 34.0 Å². The van der Waals surface area contributed by atoms with E-state index in [1.165, 1.54) is 22.3 Å². The third-order valence-corrected chi connectivity index (χ3v) is 5.68. The van der Waals surface area contributed by atoms with Gasteiger partial charge in [-0.3, -0.25) is 0 Å². The van der Waals surface area contributed by atoms with Crippen LogP contribution < -0.4 is 0 Å². The minimum absolute atomic E-state index is 0.751. The van der Waals surface area contributed by atoms with Gasteiger partial charge in [0.25, 0.3) is 0 Å². The molecule has 0 bridgehead atoms. The van der Waals surface area contributed by atoms with Gasteiger partial charge in [-0.2, -0.15) is 5.10 Å². The summed E-state index contributed by atoms with van der Waals surface area (Å²) < 4.78 is 1.96. The third kappa shape index (κ3) is 3.97. The van der Waals surface area contributed by atoms with Gasteiger partial charge in [0.2, 0.25) is 0 Å². The molecule has 0 fully saturated rings. The van der Waals surface area contributed by atoms with E-state index in [4.69, 9.17) is 10.1 Å². The van der Waals surface area contributed by atoms with Crippen LogP contribution in [0.15, 0.2) is 97.1 Å². The molecule has 32 heavy (non-hydrogen) atoms. The van der Waals surface area contributed by atoms with Crippen molar-refractivity contribution in [3.05, 3.63) is 114 Å². The van der Waals surface area contributed by atoms with Crippen molar-refractivity contribution in [3.63, 3.8) is 0 Å². The predicted molar refractivity (Wildman–Crippen MR) is 132 cm³/mol. The fourth-order valence-electron chi connectivity index (χ4n) is 3.93. The Balaban J connectivity index is 1.72. The molecular weight excluding hydrogens is 390 g/mol. The van der Waals surface area contributed by atoms with Gasteiger partial charge in [-0.15, -0.1) is 0 Å². The van der Waals surface area contributed by atoms with Gasteiger partial charge < -0.3 is 0 Å². The second kappa shape index (κ2) is 8.27. The summed E-state index contributed by atoms with van der Waals surface area (Å²) in [5.41, 5.74) is 9.23. The van der Waals surface area contributed by atoms with Crippen LogP contribution in [-0.2, 0) is 0 Å². The zero-order chi connectivity index (χ0) is 22.1. The van der Waals surface area contributed by atoms with Crippen molar-refractivity contribution < 1.29 is 0 Å². The first-order valence-electron chi connectivity index (χ1n) is 10.9. The quantitative estimate of drug-likeness (QED) is 0.311. The Hall–Kier alpha value is -3.98. The summed E-state index contributed by atoms with van der Waals surface area (Å²) >= 11 is 0. The van der Waals surface area contributed by atoms with Crippen LogP contribution in [0.1, 0.15) is 17.0 Å². The maximum atomic E-state index is 4.76. The van der Waals surface area contributed by atoms with Crippen LogP contribution in [0.2, 0.25) is 0 Å². The van der Waals surface area contributed by atoms with Crippen molar-refractivity contribution in [3.8, 4) is 39.3 Å². The Morgan fingerprint density at radius 3 is 1.59 bits per heavy atom. The maximum absolute atomic E-state index is 4.76. The molecule has 0 amide bonds. The van der Waals surface area contributed by atoms with E-state index in [1.54, 1.807) is 0 Å². The van der Waals surface area contributed by atoms with Crippen molar-refractivity contribution in [1.29, 1.82) is 0 Å². The zero-order valence-corrected chi connectivity index (χ0v) is 18.6. The lowest BCUT2D eigenvalue weighted by Gasteiger charge is -2.13. The zero-order valence-electron chi connectivity index (χ0n) is 18.6. The Labute approximate surface area is 189 Å². The minimum Gasteiger partial charge on any atom is -0.213 e. The number of rotatable bonds is 4. The Bertz CT molecular complexity index is 1300. The number of benzene rings is 4. The molecule has 0 aliphatic rings. The lowest BCUT2D eigenvalue weighted by molar-refractivity contribution is 0.870. The van der Waals surface area contributed by atoms with E-state index < -0.39 is 0 Å². The highest BCUT2D eigenvalue weighted by molar-refractivity contribution is 5.77. The molecule has 0 saturated heterocycles. The molecule has 0 atom stereocenters. The highest BCUT2D eigenvalue weighted by Crippen LogP contribution is 2.32. The molecule has 0 aliphatic heterocycles. The summed E-state index contributed by atoms with van der Waals surface area (Å²) in [6.45, 7) is 6.16. The number of hydrogen-bond acceptors (Lipinski definition) is 2. The Morgan fingerprint density at radius 1 is 0.531 bits per heavy atom. The van der Waals surface area contributed by atoms with E-state index >= 15 is 0 Å². The van der Waals surface area contributed by atoms with E-state index in [9.17, 15) is 0 Å². The second-order valence-corrected chi connectivity index (χ2v) is 8.26. The molecule has 0 saturated carbocycles.